The normalized spacial score (nSPS) is 11.7. The van der Waals surface area contributed by atoms with Crippen LogP contribution in [0, 0.1) is 0 Å². The smallest absolute Gasteiger partial charge is 0.247 e. The number of carbonyl (C=O) groups is 1. The zero-order valence-corrected chi connectivity index (χ0v) is 21.1. The van der Waals surface area contributed by atoms with Crippen LogP contribution in [0.5, 0.6) is 11.5 Å². The van der Waals surface area contributed by atoms with Crippen molar-refractivity contribution in [2.75, 3.05) is 24.9 Å². The van der Waals surface area contributed by atoms with E-state index in [1.807, 2.05) is 0 Å². The van der Waals surface area contributed by atoms with E-state index in [0.717, 1.165) is 6.08 Å². The molecule has 36 heavy (non-hydrogen) atoms. The molecule has 2 aromatic heterocycles. The minimum Gasteiger partial charge on any atom is -0.495 e. The molecule has 2 aromatic carbocycles. The van der Waals surface area contributed by atoms with Crippen LogP contribution in [0.2, 0.25) is 10.0 Å². The Bertz CT molecular complexity index is 1440. The van der Waals surface area contributed by atoms with Crippen LogP contribution in [0.3, 0.4) is 0 Å². The molecule has 0 aliphatic rings. The summed E-state index contributed by atoms with van der Waals surface area (Å²) < 4.78 is 12.1. The van der Waals surface area contributed by atoms with Gasteiger partial charge in [0.1, 0.15) is 23.3 Å². The van der Waals surface area contributed by atoms with Gasteiger partial charge in [0.05, 0.1) is 36.0 Å². The summed E-state index contributed by atoms with van der Waals surface area (Å²) in [7, 11) is 4.65. The second-order valence-corrected chi connectivity index (χ2v) is 8.38. The number of hydrogen-bond donors (Lipinski definition) is 3. The quantitative estimate of drug-likeness (QED) is 0.282. The Morgan fingerprint density at radius 2 is 1.89 bits per heavy atom. The Labute approximate surface area is 216 Å². The second kappa shape index (κ2) is 10.4. The Morgan fingerprint density at radius 3 is 2.53 bits per heavy atom. The molecule has 0 fully saturated rings. The predicted molar refractivity (Wildman–Crippen MR) is 138 cm³/mol. The van der Waals surface area contributed by atoms with Crippen molar-refractivity contribution in [3.05, 3.63) is 70.5 Å². The molecule has 2 heterocycles. The van der Waals surface area contributed by atoms with Crippen molar-refractivity contribution >= 4 is 57.5 Å². The van der Waals surface area contributed by atoms with Crippen molar-refractivity contribution in [1.29, 1.82) is 0 Å². The summed E-state index contributed by atoms with van der Waals surface area (Å²) in [6.45, 7) is 3.45. The van der Waals surface area contributed by atoms with Gasteiger partial charge in [0.15, 0.2) is 5.82 Å². The number of aromatic nitrogens is 4. The number of nitrogens with zero attached hydrogens (tertiary/aromatic N) is 4. The molecule has 1 atom stereocenters. The Kier molecular flexibility index (Phi) is 7.30. The number of ether oxygens (including phenoxy) is 2. The number of hydrogen-bond acceptors (Lipinski definition) is 8. The van der Waals surface area contributed by atoms with Gasteiger partial charge in [-0.3, -0.25) is 9.48 Å². The third-order valence-corrected chi connectivity index (χ3v) is 6.08. The summed E-state index contributed by atoms with van der Waals surface area (Å²) in [6, 6.07) is 6.73. The van der Waals surface area contributed by atoms with E-state index in [-0.39, 0.29) is 27.5 Å². The highest BCUT2D eigenvalue weighted by Gasteiger charge is 2.24. The number of fused-ring (bicyclic) bond motifs is 1. The third-order valence-electron chi connectivity index (χ3n) is 5.30. The zero-order valence-electron chi connectivity index (χ0n) is 19.5. The Hall–Kier alpha value is -3.86. The highest BCUT2D eigenvalue weighted by Crippen LogP contribution is 2.45. The lowest BCUT2D eigenvalue weighted by atomic mass is 9.99. The maximum Gasteiger partial charge on any atom is 0.247 e. The molecule has 0 bridgehead atoms. The van der Waals surface area contributed by atoms with Gasteiger partial charge in [0.25, 0.3) is 0 Å². The maximum absolute atomic E-state index is 11.7. The average molecular weight is 529 g/mol. The number of anilines is 3. The molecule has 0 saturated heterocycles. The number of halogens is 2. The van der Waals surface area contributed by atoms with Crippen molar-refractivity contribution in [3.8, 4) is 11.5 Å². The molecule has 0 aliphatic heterocycles. The van der Waals surface area contributed by atoms with Crippen molar-refractivity contribution < 1.29 is 19.4 Å². The number of benzene rings is 2. The number of rotatable bonds is 8. The van der Waals surface area contributed by atoms with Gasteiger partial charge in [-0.25, -0.2) is 9.97 Å². The van der Waals surface area contributed by atoms with Gasteiger partial charge in [0, 0.05) is 30.3 Å². The van der Waals surface area contributed by atoms with Crippen molar-refractivity contribution in [3.63, 3.8) is 0 Å². The van der Waals surface area contributed by atoms with Crippen molar-refractivity contribution in [2.45, 2.75) is 6.10 Å². The van der Waals surface area contributed by atoms with Crippen LogP contribution in [0.4, 0.5) is 17.5 Å². The number of aliphatic hydroxyl groups excluding tert-OH is 1. The summed E-state index contributed by atoms with van der Waals surface area (Å²) in [5.41, 5.74) is 1.84. The summed E-state index contributed by atoms with van der Waals surface area (Å²) in [4.78, 5) is 20.5. The lowest BCUT2D eigenvalue weighted by Gasteiger charge is -2.19. The fourth-order valence-corrected chi connectivity index (χ4v) is 4.26. The first-order valence-corrected chi connectivity index (χ1v) is 11.3. The average Bonchev–Trinajstić information content (AvgIpc) is 3.21. The monoisotopic (exact) mass is 528 g/mol. The number of carbonyl (C=O) groups excluding carboxylic acids is 1. The topological polar surface area (TPSA) is 123 Å². The third kappa shape index (κ3) is 4.92. The predicted octanol–water partition coefficient (Wildman–Crippen LogP) is 4.64. The fraction of sp³-hybridized carbons (Fsp3) is 0.167. The Balaban J connectivity index is 1.65. The zero-order chi connectivity index (χ0) is 26.0. The SMILES string of the molecule is C=CC(=O)Nc1cn(C)nc1Nc1ncc2cc(C(O)c3c(Cl)c(OC)cc(OC)c3Cl)ccc2n1. The largest absolute Gasteiger partial charge is 0.495 e. The van der Waals surface area contributed by atoms with Crippen molar-refractivity contribution in [2.24, 2.45) is 7.05 Å². The van der Waals surface area contributed by atoms with E-state index in [0.29, 0.717) is 39.5 Å². The fourth-order valence-electron chi connectivity index (χ4n) is 3.56. The van der Waals surface area contributed by atoms with Gasteiger partial charge < -0.3 is 25.2 Å². The first-order chi connectivity index (χ1) is 17.2. The lowest BCUT2D eigenvalue weighted by Crippen LogP contribution is -2.09. The molecule has 10 nitrogen and oxygen atoms in total. The standard InChI is InChI=1S/C24H22Cl2N6O4/c1-5-18(33)28-15-11-32(2)31-23(15)30-24-27-10-13-8-12(6-7-14(13)29-24)22(34)19-20(25)16(35-3)9-17(36-4)21(19)26/h5-11,22,34H,1H2,2-4H3,(H,28,33)(H,27,29,30,31). The molecular formula is C24H22Cl2N6O4. The molecule has 0 saturated carbocycles. The second-order valence-electron chi connectivity index (χ2n) is 7.62. The van der Waals surface area contributed by atoms with E-state index in [2.05, 4.69) is 32.3 Å². The summed E-state index contributed by atoms with van der Waals surface area (Å²) >= 11 is 12.9. The Morgan fingerprint density at radius 1 is 1.19 bits per heavy atom. The van der Waals surface area contributed by atoms with Crippen LogP contribution in [-0.2, 0) is 11.8 Å². The van der Waals surface area contributed by atoms with Gasteiger partial charge in [-0.05, 0) is 23.8 Å². The van der Waals surface area contributed by atoms with Gasteiger partial charge >= 0.3 is 0 Å². The molecule has 0 aliphatic carbocycles. The van der Waals surface area contributed by atoms with Gasteiger partial charge in [-0.15, -0.1) is 0 Å². The van der Waals surface area contributed by atoms with Gasteiger partial charge in [0.2, 0.25) is 11.9 Å². The van der Waals surface area contributed by atoms with Gasteiger partial charge in [-0.1, -0.05) is 35.8 Å². The van der Waals surface area contributed by atoms with Crippen LogP contribution < -0.4 is 20.1 Å². The molecule has 3 N–H and O–H groups in total. The molecule has 1 unspecified atom stereocenters. The molecule has 0 spiro atoms. The van der Waals surface area contributed by atoms with Gasteiger partial charge in [-0.2, -0.15) is 5.10 Å². The van der Waals surface area contributed by atoms with Crippen LogP contribution in [0.25, 0.3) is 10.9 Å². The van der Waals surface area contributed by atoms with Crippen LogP contribution in [0.15, 0.2) is 49.3 Å². The molecule has 1 amide bonds. The molecule has 0 radical (unpaired) electrons. The van der Waals surface area contributed by atoms with E-state index in [1.165, 1.54) is 14.2 Å². The minimum atomic E-state index is -1.17. The lowest BCUT2D eigenvalue weighted by molar-refractivity contribution is -0.111. The highest BCUT2D eigenvalue weighted by atomic mass is 35.5. The van der Waals surface area contributed by atoms with E-state index in [4.69, 9.17) is 32.7 Å². The number of nitrogens with one attached hydrogen (secondary N) is 2. The minimum absolute atomic E-state index is 0.182. The molecule has 4 rings (SSSR count). The highest BCUT2D eigenvalue weighted by molar-refractivity contribution is 6.38. The molecule has 186 valence electrons. The first-order valence-electron chi connectivity index (χ1n) is 10.5. The van der Waals surface area contributed by atoms with Crippen LogP contribution in [0.1, 0.15) is 17.2 Å². The van der Waals surface area contributed by atoms with E-state index < -0.39 is 6.10 Å². The van der Waals surface area contributed by atoms with E-state index in [1.54, 1.807) is 48.4 Å². The van der Waals surface area contributed by atoms with Crippen LogP contribution in [-0.4, -0.2) is 45.0 Å². The first kappa shape index (κ1) is 25.2. The summed E-state index contributed by atoms with van der Waals surface area (Å²) in [6.07, 6.45) is 3.24. The number of amides is 1. The molecule has 12 heteroatoms. The summed E-state index contributed by atoms with van der Waals surface area (Å²) in [5.74, 6) is 0.919. The number of aryl methyl sites for hydroxylation is 1. The molecular weight excluding hydrogens is 507 g/mol. The summed E-state index contributed by atoms with van der Waals surface area (Å²) in [5, 5.41) is 22.1. The molecule has 4 aromatic rings. The number of methoxy groups -OCH3 is 2. The van der Waals surface area contributed by atoms with E-state index in [9.17, 15) is 9.90 Å². The van der Waals surface area contributed by atoms with Crippen molar-refractivity contribution in [1.82, 2.24) is 19.7 Å². The van der Waals surface area contributed by atoms with E-state index >= 15 is 0 Å². The maximum atomic E-state index is 11.7. The van der Waals surface area contributed by atoms with Crippen LogP contribution >= 0.6 is 23.2 Å². The number of aliphatic hydroxyl groups is 1.